The van der Waals surface area contributed by atoms with Crippen LogP contribution in [0.2, 0.25) is 0 Å². The van der Waals surface area contributed by atoms with Crippen LogP contribution in [0.1, 0.15) is 36.8 Å². The number of fused-ring (bicyclic) bond motifs is 1. The predicted molar refractivity (Wildman–Crippen MR) is 82.5 cm³/mol. The van der Waals surface area contributed by atoms with Crippen molar-refractivity contribution in [2.75, 3.05) is 6.54 Å². The molecule has 1 aromatic heterocycles. The van der Waals surface area contributed by atoms with Gasteiger partial charge in [-0.25, -0.2) is 0 Å². The van der Waals surface area contributed by atoms with E-state index in [-0.39, 0.29) is 0 Å². The van der Waals surface area contributed by atoms with E-state index in [4.69, 9.17) is 0 Å². The fourth-order valence-corrected chi connectivity index (χ4v) is 3.51. The van der Waals surface area contributed by atoms with Gasteiger partial charge in [-0.15, -0.1) is 11.3 Å². The molecule has 98 valence electrons. The summed E-state index contributed by atoms with van der Waals surface area (Å²) in [5.74, 6) is 0.712. The summed E-state index contributed by atoms with van der Waals surface area (Å²) in [5.41, 5.74) is 2.93. The van der Waals surface area contributed by atoms with Crippen LogP contribution in [0, 0.1) is 12.8 Å². The van der Waals surface area contributed by atoms with E-state index in [1.54, 1.807) is 5.56 Å². The zero-order valence-electron chi connectivity index (χ0n) is 11.8. The molecule has 18 heavy (non-hydrogen) atoms. The van der Waals surface area contributed by atoms with E-state index in [2.05, 4.69) is 51.2 Å². The van der Waals surface area contributed by atoms with Gasteiger partial charge in [0.25, 0.3) is 0 Å². The molecule has 0 fully saturated rings. The number of hydrogen-bond acceptors (Lipinski definition) is 2. The fourth-order valence-electron chi connectivity index (χ4n) is 2.33. The van der Waals surface area contributed by atoms with Crippen molar-refractivity contribution in [2.24, 2.45) is 5.92 Å². The molecule has 2 rings (SSSR count). The van der Waals surface area contributed by atoms with Crippen LogP contribution in [-0.2, 0) is 13.0 Å². The lowest BCUT2D eigenvalue weighted by molar-refractivity contribution is 0.641. The third kappa shape index (κ3) is 2.93. The predicted octanol–water partition coefficient (Wildman–Crippen LogP) is 4.52. The topological polar surface area (TPSA) is 12.0 Å². The van der Waals surface area contributed by atoms with Crippen molar-refractivity contribution in [3.63, 3.8) is 0 Å². The number of hydrogen-bond donors (Lipinski definition) is 1. The largest absolute Gasteiger partial charge is 0.312 e. The van der Waals surface area contributed by atoms with Gasteiger partial charge in [-0.05, 0) is 42.8 Å². The molecule has 0 saturated heterocycles. The van der Waals surface area contributed by atoms with E-state index in [1.807, 2.05) is 11.3 Å². The maximum Gasteiger partial charge on any atom is 0.0349 e. The van der Waals surface area contributed by atoms with Crippen molar-refractivity contribution >= 4 is 21.4 Å². The average Bonchev–Trinajstić information content (AvgIpc) is 2.64. The quantitative estimate of drug-likeness (QED) is 0.834. The first-order valence-corrected chi connectivity index (χ1v) is 7.65. The van der Waals surface area contributed by atoms with Crippen LogP contribution in [-0.4, -0.2) is 6.54 Å². The molecule has 1 aromatic carbocycles. The minimum absolute atomic E-state index is 0.712. The molecule has 0 aliphatic heterocycles. The fraction of sp³-hybridized carbons (Fsp3) is 0.500. The second-order valence-corrected chi connectivity index (χ2v) is 6.52. The van der Waals surface area contributed by atoms with Gasteiger partial charge < -0.3 is 5.32 Å². The minimum atomic E-state index is 0.712. The summed E-state index contributed by atoms with van der Waals surface area (Å²) in [7, 11) is 0. The molecule has 1 heterocycles. The molecule has 0 amide bonds. The van der Waals surface area contributed by atoms with Gasteiger partial charge in [0.05, 0.1) is 0 Å². The van der Waals surface area contributed by atoms with Gasteiger partial charge in [-0.3, -0.25) is 0 Å². The van der Waals surface area contributed by atoms with Gasteiger partial charge in [0, 0.05) is 16.1 Å². The van der Waals surface area contributed by atoms with E-state index in [9.17, 15) is 0 Å². The number of nitrogens with one attached hydrogen (secondary N) is 1. The number of thiophene rings is 1. The van der Waals surface area contributed by atoms with E-state index in [0.29, 0.717) is 5.92 Å². The summed E-state index contributed by atoms with van der Waals surface area (Å²) < 4.78 is 1.43. The molecule has 1 nitrogen and oxygen atoms in total. The summed E-state index contributed by atoms with van der Waals surface area (Å²) in [6.07, 6.45) is 1.18. The van der Waals surface area contributed by atoms with E-state index in [0.717, 1.165) is 13.1 Å². The Labute approximate surface area is 114 Å². The molecule has 0 bridgehead atoms. The van der Waals surface area contributed by atoms with E-state index >= 15 is 0 Å². The van der Waals surface area contributed by atoms with Crippen molar-refractivity contribution in [3.8, 4) is 0 Å². The summed E-state index contributed by atoms with van der Waals surface area (Å²) in [6.45, 7) is 11.0. The number of aryl methyl sites for hydroxylation is 1. The molecular weight excluding hydrogens is 238 g/mol. The Hall–Kier alpha value is -0.860. The maximum atomic E-state index is 3.46. The molecule has 0 atom stereocenters. The molecule has 0 radical (unpaired) electrons. The maximum absolute atomic E-state index is 3.46. The van der Waals surface area contributed by atoms with Crippen LogP contribution in [0.3, 0.4) is 0 Å². The second-order valence-electron chi connectivity index (χ2n) is 5.38. The van der Waals surface area contributed by atoms with Crippen molar-refractivity contribution in [3.05, 3.63) is 34.2 Å². The average molecular weight is 261 g/mol. The third-order valence-electron chi connectivity index (χ3n) is 3.18. The monoisotopic (exact) mass is 261 g/mol. The van der Waals surface area contributed by atoms with Crippen LogP contribution in [0.5, 0.6) is 0 Å². The van der Waals surface area contributed by atoms with Crippen molar-refractivity contribution in [1.29, 1.82) is 0 Å². The Morgan fingerprint density at radius 3 is 2.72 bits per heavy atom. The molecule has 0 saturated carbocycles. The van der Waals surface area contributed by atoms with Crippen LogP contribution in [0.15, 0.2) is 18.2 Å². The Bertz CT molecular complexity index is 525. The molecule has 2 aromatic rings. The highest BCUT2D eigenvalue weighted by Gasteiger charge is 2.13. The smallest absolute Gasteiger partial charge is 0.0349 e. The molecule has 0 spiro atoms. The first-order chi connectivity index (χ1) is 8.61. The highest BCUT2D eigenvalue weighted by Crippen LogP contribution is 2.33. The molecule has 1 N–H and O–H groups in total. The van der Waals surface area contributed by atoms with Crippen LogP contribution >= 0.6 is 11.3 Å². The lowest BCUT2D eigenvalue weighted by Crippen LogP contribution is -2.12. The Balaban J connectivity index is 2.47. The van der Waals surface area contributed by atoms with Crippen molar-refractivity contribution < 1.29 is 0 Å². The molecule has 0 aliphatic carbocycles. The lowest BCUT2D eigenvalue weighted by atomic mass is 9.99. The number of rotatable bonds is 5. The summed E-state index contributed by atoms with van der Waals surface area (Å²) >= 11 is 1.95. The third-order valence-corrected chi connectivity index (χ3v) is 4.39. The van der Waals surface area contributed by atoms with E-state index in [1.165, 1.54) is 26.9 Å². The molecule has 0 aliphatic rings. The van der Waals surface area contributed by atoms with Gasteiger partial charge in [-0.1, -0.05) is 38.5 Å². The SMILES string of the molecule is CCNCc1sc2ccc(C)cc2c1CC(C)C. The van der Waals surface area contributed by atoms with Gasteiger partial charge in [0.2, 0.25) is 0 Å². The first kappa shape index (κ1) is 13.6. The Morgan fingerprint density at radius 1 is 1.28 bits per heavy atom. The van der Waals surface area contributed by atoms with Gasteiger partial charge in [-0.2, -0.15) is 0 Å². The summed E-state index contributed by atoms with van der Waals surface area (Å²) in [5, 5.41) is 4.94. The molecular formula is C16H23NS. The minimum Gasteiger partial charge on any atom is -0.312 e. The van der Waals surface area contributed by atoms with Crippen LogP contribution < -0.4 is 5.32 Å². The summed E-state index contributed by atoms with van der Waals surface area (Å²) in [4.78, 5) is 1.52. The van der Waals surface area contributed by atoms with Gasteiger partial charge >= 0.3 is 0 Å². The summed E-state index contributed by atoms with van der Waals surface area (Å²) in [6, 6.07) is 6.84. The first-order valence-electron chi connectivity index (χ1n) is 6.83. The Morgan fingerprint density at radius 2 is 2.06 bits per heavy atom. The molecule has 0 unspecified atom stereocenters. The lowest BCUT2D eigenvalue weighted by Gasteiger charge is -2.08. The normalized spacial score (nSPS) is 11.6. The highest BCUT2D eigenvalue weighted by molar-refractivity contribution is 7.19. The van der Waals surface area contributed by atoms with Crippen LogP contribution in [0.25, 0.3) is 10.1 Å². The molecule has 2 heteroatoms. The highest BCUT2D eigenvalue weighted by atomic mass is 32.1. The van der Waals surface area contributed by atoms with Crippen LogP contribution in [0.4, 0.5) is 0 Å². The number of benzene rings is 1. The zero-order chi connectivity index (χ0) is 13.1. The van der Waals surface area contributed by atoms with Gasteiger partial charge in [0.1, 0.15) is 0 Å². The van der Waals surface area contributed by atoms with E-state index < -0.39 is 0 Å². The second kappa shape index (κ2) is 5.85. The van der Waals surface area contributed by atoms with Crippen molar-refractivity contribution in [2.45, 2.75) is 40.7 Å². The van der Waals surface area contributed by atoms with Crippen molar-refractivity contribution in [1.82, 2.24) is 5.32 Å². The zero-order valence-corrected chi connectivity index (χ0v) is 12.7. The Kier molecular flexibility index (Phi) is 4.41. The van der Waals surface area contributed by atoms with Gasteiger partial charge in [0.15, 0.2) is 0 Å². The standard InChI is InChI=1S/C16H23NS/c1-5-17-10-16-13(8-11(2)3)14-9-12(4)6-7-15(14)18-16/h6-7,9,11,17H,5,8,10H2,1-4H3.